The number of nitrogens with zero attached hydrogens (tertiary/aromatic N) is 2. The van der Waals surface area contributed by atoms with Crippen molar-refractivity contribution in [2.24, 2.45) is 0 Å². The number of carbonyl (C=O) groups is 2. The maximum Gasteiger partial charge on any atom is 0.252 e. The molecule has 4 rings (SSSR count). The van der Waals surface area contributed by atoms with E-state index in [-0.39, 0.29) is 23.3 Å². The first-order chi connectivity index (χ1) is 16.0. The molecule has 0 radical (unpaired) electrons. The van der Waals surface area contributed by atoms with Gasteiger partial charge in [-0.3, -0.25) is 9.59 Å². The molecule has 1 atom stereocenters. The number of sulfonamides is 1. The second-order valence-corrected chi connectivity index (χ2v) is 12.2. The van der Waals surface area contributed by atoms with Crippen molar-refractivity contribution >= 4 is 43.5 Å². The highest BCUT2D eigenvalue weighted by Gasteiger charge is 2.50. The predicted octanol–water partition coefficient (Wildman–Crippen LogP) is 5.34. The van der Waals surface area contributed by atoms with Crippen LogP contribution in [0.15, 0.2) is 39.7 Å². The maximum absolute atomic E-state index is 14.3. The number of carbonyl (C=O) groups excluding carboxylic acids is 2. The van der Waals surface area contributed by atoms with E-state index in [1.54, 1.807) is 24.3 Å². The van der Waals surface area contributed by atoms with Gasteiger partial charge in [-0.05, 0) is 87.1 Å². The molecule has 182 valence electrons. The Morgan fingerprint density at radius 2 is 1.47 bits per heavy atom. The van der Waals surface area contributed by atoms with Gasteiger partial charge in [0.25, 0.3) is 5.91 Å². The summed E-state index contributed by atoms with van der Waals surface area (Å²) in [5, 5.41) is 0. The number of hydrogen-bond donors (Lipinski definition) is 0. The third kappa shape index (κ3) is 4.36. The van der Waals surface area contributed by atoms with Crippen molar-refractivity contribution in [2.45, 2.75) is 83.2 Å². The van der Waals surface area contributed by atoms with Crippen molar-refractivity contribution in [1.29, 1.82) is 0 Å². The highest BCUT2D eigenvalue weighted by Crippen LogP contribution is 2.38. The highest BCUT2D eigenvalue weighted by atomic mass is 79.9. The zero-order valence-corrected chi connectivity index (χ0v) is 22.5. The number of imide groups is 1. The normalized spacial score (nSPS) is 19.9. The van der Waals surface area contributed by atoms with Crippen LogP contribution >= 0.6 is 15.9 Å². The molecule has 0 spiro atoms. The second kappa shape index (κ2) is 9.55. The molecule has 1 aliphatic heterocycles. The lowest BCUT2D eigenvalue weighted by atomic mass is 9.94. The van der Waals surface area contributed by atoms with Crippen molar-refractivity contribution in [3.8, 4) is 0 Å². The number of halogens is 1. The number of amides is 2. The van der Waals surface area contributed by atoms with Gasteiger partial charge in [-0.1, -0.05) is 41.3 Å². The Labute approximate surface area is 210 Å². The van der Waals surface area contributed by atoms with Gasteiger partial charge in [-0.2, -0.15) is 4.31 Å². The fourth-order valence-electron chi connectivity index (χ4n) is 5.30. The van der Waals surface area contributed by atoms with Gasteiger partial charge < -0.3 is 0 Å². The van der Waals surface area contributed by atoms with Crippen LogP contribution in [0.4, 0.5) is 5.69 Å². The number of aryl methyl sites for hydroxylation is 2. The number of rotatable bonds is 5. The summed E-state index contributed by atoms with van der Waals surface area (Å²) >= 11 is 3.37. The summed E-state index contributed by atoms with van der Waals surface area (Å²) in [6.07, 6.45) is 4.11. The van der Waals surface area contributed by atoms with Crippen molar-refractivity contribution in [2.75, 3.05) is 4.90 Å². The molecule has 2 fully saturated rings. The molecule has 8 heteroatoms. The molecule has 6 nitrogen and oxygen atoms in total. The predicted molar refractivity (Wildman–Crippen MR) is 136 cm³/mol. The summed E-state index contributed by atoms with van der Waals surface area (Å²) < 4.78 is 30.9. The van der Waals surface area contributed by atoms with Gasteiger partial charge in [-0.25, -0.2) is 13.3 Å². The Kier molecular flexibility index (Phi) is 7.04. The Balaban J connectivity index is 1.83. The molecule has 2 aromatic rings. The number of hydrogen-bond acceptors (Lipinski definition) is 4. The van der Waals surface area contributed by atoms with Crippen molar-refractivity contribution < 1.29 is 18.0 Å². The molecular formula is C26H31BrN2O4S. The Morgan fingerprint density at radius 3 is 2.03 bits per heavy atom. The van der Waals surface area contributed by atoms with Crippen LogP contribution < -0.4 is 4.90 Å². The zero-order chi connectivity index (χ0) is 24.8. The zero-order valence-electron chi connectivity index (χ0n) is 20.1. The number of benzene rings is 2. The fraction of sp³-hybridized carbons (Fsp3) is 0.462. The molecule has 1 saturated carbocycles. The minimum absolute atomic E-state index is 0.145. The molecule has 1 saturated heterocycles. The quantitative estimate of drug-likeness (QED) is 0.474. The monoisotopic (exact) mass is 546 g/mol. The molecule has 34 heavy (non-hydrogen) atoms. The van der Waals surface area contributed by atoms with Crippen LogP contribution in [0.3, 0.4) is 0 Å². The summed E-state index contributed by atoms with van der Waals surface area (Å²) in [7, 11) is -4.03. The molecule has 1 aliphatic carbocycles. The smallest absolute Gasteiger partial charge is 0.252 e. The van der Waals surface area contributed by atoms with E-state index in [0.717, 1.165) is 39.8 Å². The van der Waals surface area contributed by atoms with E-state index in [0.29, 0.717) is 29.7 Å². The minimum atomic E-state index is -4.03. The summed E-state index contributed by atoms with van der Waals surface area (Å²) in [4.78, 5) is 28.1. The molecule has 0 bridgehead atoms. The summed E-state index contributed by atoms with van der Waals surface area (Å²) in [6, 6.07) is 7.57. The van der Waals surface area contributed by atoms with Gasteiger partial charge in [-0.15, -0.1) is 0 Å². The topological polar surface area (TPSA) is 74.8 Å². The Bertz CT molecular complexity index is 1210. The van der Waals surface area contributed by atoms with Gasteiger partial charge in [0.1, 0.15) is 6.04 Å². The standard InChI is InChI=1S/C26H31BrN2O4S/c1-16-14-17(2)19(4)25(18(16)3)34(32,33)29(22-8-6-5-7-9-22)23-15-24(30)28(26(23)31)21-12-10-20(27)11-13-21/h10-14,22-23H,5-9,15H2,1-4H3. The second-order valence-electron chi connectivity index (χ2n) is 9.48. The average molecular weight is 548 g/mol. The lowest BCUT2D eigenvalue weighted by Gasteiger charge is -2.37. The third-order valence-electron chi connectivity index (χ3n) is 7.28. The van der Waals surface area contributed by atoms with Gasteiger partial charge in [0.05, 0.1) is 17.0 Å². The van der Waals surface area contributed by atoms with E-state index in [1.807, 2.05) is 33.8 Å². The molecule has 1 unspecified atom stereocenters. The molecule has 2 amide bonds. The van der Waals surface area contributed by atoms with Crippen LogP contribution in [0.1, 0.15) is 60.8 Å². The summed E-state index contributed by atoms with van der Waals surface area (Å²) in [6.45, 7) is 7.46. The van der Waals surface area contributed by atoms with E-state index in [1.165, 1.54) is 4.31 Å². The molecule has 0 N–H and O–H groups in total. The van der Waals surface area contributed by atoms with Crippen molar-refractivity contribution in [1.82, 2.24) is 4.31 Å². The van der Waals surface area contributed by atoms with Gasteiger partial charge in [0.15, 0.2) is 0 Å². The molecule has 2 aliphatic rings. The number of anilines is 1. The summed E-state index contributed by atoms with van der Waals surface area (Å²) in [5.41, 5.74) is 3.66. The van der Waals surface area contributed by atoms with Crippen LogP contribution in [0.5, 0.6) is 0 Å². The Hall–Kier alpha value is -2.03. The van der Waals surface area contributed by atoms with E-state index in [9.17, 15) is 18.0 Å². The lowest BCUT2D eigenvalue weighted by molar-refractivity contribution is -0.122. The average Bonchev–Trinajstić information content (AvgIpc) is 3.07. The molecule has 2 aromatic carbocycles. The first-order valence-electron chi connectivity index (χ1n) is 11.8. The SMILES string of the molecule is Cc1cc(C)c(C)c(S(=O)(=O)N(C2CCCCC2)C2CC(=O)N(c3ccc(Br)cc3)C2=O)c1C. The van der Waals surface area contributed by atoms with E-state index >= 15 is 0 Å². The summed E-state index contributed by atoms with van der Waals surface area (Å²) in [5.74, 6) is -0.844. The van der Waals surface area contributed by atoms with Crippen LogP contribution in [-0.4, -0.2) is 36.6 Å². The maximum atomic E-state index is 14.3. The molecule has 1 heterocycles. The third-order valence-corrected chi connectivity index (χ3v) is 10.0. The fourth-order valence-corrected chi connectivity index (χ4v) is 7.98. The van der Waals surface area contributed by atoms with Gasteiger partial charge in [0, 0.05) is 10.5 Å². The van der Waals surface area contributed by atoms with Crippen LogP contribution in [-0.2, 0) is 19.6 Å². The van der Waals surface area contributed by atoms with Gasteiger partial charge >= 0.3 is 0 Å². The van der Waals surface area contributed by atoms with E-state index in [4.69, 9.17) is 0 Å². The van der Waals surface area contributed by atoms with Gasteiger partial charge in [0.2, 0.25) is 15.9 Å². The van der Waals surface area contributed by atoms with Crippen LogP contribution in [0.25, 0.3) is 0 Å². The molecular weight excluding hydrogens is 516 g/mol. The van der Waals surface area contributed by atoms with Crippen LogP contribution in [0.2, 0.25) is 0 Å². The minimum Gasteiger partial charge on any atom is -0.274 e. The van der Waals surface area contributed by atoms with Crippen molar-refractivity contribution in [3.63, 3.8) is 0 Å². The van der Waals surface area contributed by atoms with Crippen molar-refractivity contribution in [3.05, 3.63) is 57.1 Å². The molecule has 0 aromatic heterocycles. The first-order valence-corrected chi connectivity index (χ1v) is 14.0. The lowest BCUT2D eigenvalue weighted by Crippen LogP contribution is -2.51. The van der Waals surface area contributed by atoms with E-state index < -0.39 is 22.0 Å². The van der Waals surface area contributed by atoms with Crippen LogP contribution in [0, 0.1) is 27.7 Å². The first kappa shape index (κ1) is 25.1. The Morgan fingerprint density at radius 1 is 0.912 bits per heavy atom. The highest BCUT2D eigenvalue weighted by molar-refractivity contribution is 9.10. The largest absolute Gasteiger partial charge is 0.274 e. The van der Waals surface area contributed by atoms with E-state index in [2.05, 4.69) is 15.9 Å².